The Balaban J connectivity index is 2.53. The molecule has 0 radical (unpaired) electrons. The number of hydrogen-bond acceptors (Lipinski definition) is 2. The van der Waals surface area contributed by atoms with E-state index in [-0.39, 0.29) is 0 Å². The van der Waals surface area contributed by atoms with Crippen molar-refractivity contribution >= 4 is 11.6 Å². The van der Waals surface area contributed by atoms with Gasteiger partial charge in [0, 0.05) is 10.6 Å². The van der Waals surface area contributed by atoms with Crippen LogP contribution in [0.25, 0.3) is 11.1 Å². The molecule has 0 spiro atoms. The maximum atomic E-state index is 6.24. The molecule has 0 aliphatic carbocycles. The summed E-state index contributed by atoms with van der Waals surface area (Å²) in [5.74, 6) is 0.842. The molecule has 2 aromatic rings. The first-order chi connectivity index (χ1) is 8.76. The predicted molar refractivity (Wildman–Crippen MR) is 76.2 cm³/mol. The standard InChI is InChI=1S/C15H16ClNO/c1-18-12-6-7-13(11(10-12)8-9-17)14-4-2-3-5-15(14)16/h2-7,10H,8-9,17H2,1H3. The van der Waals surface area contributed by atoms with Crippen LogP contribution in [0.15, 0.2) is 42.5 Å². The fraction of sp³-hybridized carbons (Fsp3) is 0.200. The molecule has 0 atom stereocenters. The van der Waals surface area contributed by atoms with Crippen molar-refractivity contribution in [3.05, 3.63) is 53.1 Å². The molecule has 0 saturated heterocycles. The Kier molecular flexibility index (Phi) is 4.24. The Morgan fingerprint density at radius 1 is 1.11 bits per heavy atom. The summed E-state index contributed by atoms with van der Waals surface area (Å²) in [5, 5.41) is 0.751. The van der Waals surface area contributed by atoms with Crippen LogP contribution < -0.4 is 10.5 Å². The van der Waals surface area contributed by atoms with Crippen LogP contribution in [0.4, 0.5) is 0 Å². The summed E-state index contributed by atoms with van der Waals surface area (Å²) in [6.45, 7) is 0.602. The lowest BCUT2D eigenvalue weighted by Gasteiger charge is -2.12. The van der Waals surface area contributed by atoms with Gasteiger partial charge in [-0.05, 0) is 42.3 Å². The van der Waals surface area contributed by atoms with Gasteiger partial charge >= 0.3 is 0 Å². The highest BCUT2D eigenvalue weighted by atomic mass is 35.5. The molecular weight excluding hydrogens is 246 g/mol. The summed E-state index contributed by atoms with van der Waals surface area (Å²) in [7, 11) is 1.66. The van der Waals surface area contributed by atoms with E-state index in [1.807, 2.05) is 42.5 Å². The summed E-state index contributed by atoms with van der Waals surface area (Å²) < 4.78 is 5.25. The summed E-state index contributed by atoms with van der Waals surface area (Å²) >= 11 is 6.24. The number of benzene rings is 2. The van der Waals surface area contributed by atoms with E-state index in [1.54, 1.807) is 7.11 Å². The van der Waals surface area contributed by atoms with Crippen LogP contribution in [0.2, 0.25) is 5.02 Å². The molecule has 0 aliphatic heterocycles. The first-order valence-electron chi connectivity index (χ1n) is 5.88. The van der Waals surface area contributed by atoms with Gasteiger partial charge in [-0.3, -0.25) is 0 Å². The molecule has 2 nitrogen and oxygen atoms in total. The molecule has 0 saturated carbocycles. The third kappa shape index (κ3) is 2.66. The molecule has 0 unspecified atom stereocenters. The zero-order chi connectivity index (χ0) is 13.0. The largest absolute Gasteiger partial charge is 0.497 e. The van der Waals surface area contributed by atoms with Crippen LogP contribution in [0.5, 0.6) is 5.75 Å². The van der Waals surface area contributed by atoms with Gasteiger partial charge in [-0.25, -0.2) is 0 Å². The van der Waals surface area contributed by atoms with Gasteiger partial charge < -0.3 is 10.5 Å². The molecule has 0 bridgehead atoms. The Hall–Kier alpha value is -1.51. The van der Waals surface area contributed by atoms with Gasteiger partial charge in [0.05, 0.1) is 7.11 Å². The second kappa shape index (κ2) is 5.89. The number of ether oxygens (including phenoxy) is 1. The molecule has 0 amide bonds. The quantitative estimate of drug-likeness (QED) is 0.914. The third-order valence-electron chi connectivity index (χ3n) is 2.89. The third-order valence-corrected chi connectivity index (χ3v) is 3.22. The van der Waals surface area contributed by atoms with Gasteiger partial charge in [0.25, 0.3) is 0 Å². The number of halogens is 1. The highest BCUT2D eigenvalue weighted by molar-refractivity contribution is 6.33. The van der Waals surface area contributed by atoms with Crippen LogP contribution >= 0.6 is 11.6 Å². The van der Waals surface area contributed by atoms with E-state index in [0.29, 0.717) is 6.54 Å². The summed E-state index contributed by atoms with van der Waals surface area (Å²) in [4.78, 5) is 0. The molecular formula is C15H16ClNO. The zero-order valence-corrected chi connectivity index (χ0v) is 11.1. The van der Waals surface area contributed by atoms with Gasteiger partial charge in [0.1, 0.15) is 5.75 Å². The SMILES string of the molecule is COc1ccc(-c2ccccc2Cl)c(CCN)c1. The summed E-state index contributed by atoms with van der Waals surface area (Å²) in [6, 6.07) is 13.8. The Labute approximate surface area is 112 Å². The maximum absolute atomic E-state index is 6.24. The molecule has 0 heterocycles. The second-order valence-electron chi connectivity index (χ2n) is 4.04. The molecule has 2 rings (SSSR count). The number of rotatable bonds is 4. The number of methoxy groups -OCH3 is 1. The van der Waals surface area contributed by atoms with Crippen molar-refractivity contribution < 1.29 is 4.74 Å². The fourth-order valence-electron chi connectivity index (χ4n) is 2.00. The monoisotopic (exact) mass is 261 g/mol. The van der Waals surface area contributed by atoms with E-state index in [9.17, 15) is 0 Å². The highest BCUT2D eigenvalue weighted by Gasteiger charge is 2.09. The molecule has 2 N–H and O–H groups in total. The smallest absolute Gasteiger partial charge is 0.119 e. The van der Waals surface area contributed by atoms with Gasteiger partial charge in [-0.2, -0.15) is 0 Å². The van der Waals surface area contributed by atoms with Crippen LogP contribution in [0.1, 0.15) is 5.56 Å². The highest BCUT2D eigenvalue weighted by Crippen LogP contribution is 2.32. The number of nitrogens with two attached hydrogens (primary N) is 1. The Bertz CT molecular complexity index is 540. The van der Waals surface area contributed by atoms with Crippen molar-refractivity contribution in [3.8, 4) is 16.9 Å². The van der Waals surface area contributed by atoms with Crippen molar-refractivity contribution in [1.29, 1.82) is 0 Å². The predicted octanol–water partition coefficient (Wildman–Crippen LogP) is 3.52. The van der Waals surface area contributed by atoms with Crippen molar-refractivity contribution in [1.82, 2.24) is 0 Å². The van der Waals surface area contributed by atoms with E-state index in [1.165, 1.54) is 0 Å². The minimum Gasteiger partial charge on any atom is -0.497 e. The lowest BCUT2D eigenvalue weighted by atomic mass is 9.97. The Morgan fingerprint density at radius 2 is 1.89 bits per heavy atom. The van der Waals surface area contributed by atoms with Gasteiger partial charge in [-0.15, -0.1) is 0 Å². The molecule has 0 fully saturated rings. The van der Waals surface area contributed by atoms with Crippen LogP contribution in [0.3, 0.4) is 0 Å². The normalized spacial score (nSPS) is 10.4. The minimum absolute atomic E-state index is 0.602. The maximum Gasteiger partial charge on any atom is 0.119 e. The van der Waals surface area contributed by atoms with E-state index in [0.717, 1.165) is 33.9 Å². The molecule has 94 valence electrons. The van der Waals surface area contributed by atoms with E-state index in [4.69, 9.17) is 22.1 Å². The summed E-state index contributed by atoms with van der Waals surface area (Å²) in [6.07, 6.45) is 0.803. The van der Waals surface area contributed by atoms with E-state index >= 15 is 0 Å². The van der Waals surface area contributed by atoms with Gasteiger partial charge in [0.2, 0.25) is 0 Å². The topological polar surface area (TPSA) is 35.2 Å². The molecule has 3 heteroatoms. The van der Waals surface area contributed by atoms with Crippen LogP contribution in [-0.4, -0.2) is 13.7 Å². The van der Waals surface area contributed by atoms with Gasteiger partial charge in [-0.1, -0.05) is 35.9 Å². The Morgan fingerprint density at radius 3 is 2.56 bits per heavy atom. The van der Waals surface area contributed by atoms with Crippen molar-refractivity contribution in [2.24, 2.45) is 5.73 Å². The van der Waals surface area contributed by atoms with Crippen molar-refractivity contribution in [2.45, 2.75) is 6.42 Å². The number of hydrogen-bond donors (Lipinski definition) is 1. The minimum atomic E-state index is 0.602. The summed E-state index contributed by atoms with van der Waals surface area (Å²) in [5.41, 5.74) is 8.97. The molecule has 2 aromatic carbocycles. The fourth-order valence-corrected chi connectivity index (χ4v) is 2.24. The molecule has 0 aliphatic rings. The van der Waals surface area contributed by atoms with E-state index < -0.39 is 0 Å². The second-order valence-corrected chi connectivity index (χ2v) is 4.45. The average molecular weight is 262 g/mol. The molecule has 0 aromatic heterocycles. The molecule has 18 heavy (non-hydrogen) atoms. The van der Waals surface area contributed by atoms with Crippen LogP contribution in [0, 0.1) is 0 Å². The van der Waals surface area contributed by atoms with Gasteiger partial charge in [0.15, 0.2) is 0 Å². The first-order valence-corrected chi connectivity index (χ1v) is 6.26. The van der Waals surface area contributed by atoms with Crippen molar-refractivity contribution in [2.75, 3.05) is 13.7 Å². The average Bonchev–Trinajstić information content (AvgIpc) is 2.40. The lowest BCUT2D eigenvalue weighted by Crippen LogP contribution is -2.04. The first kappa shape index (κ1) is 12.9. The van der Waals surface area contributed by atoms with E-state index in [2.05, 4.69) is 0 Å². The van der Waals surface area contributed by atoms with Crippen LogP contribution in [-0.2, 0) is 6.42 Å². The zero-order valence-electron chi connectivity index (χ0n) is 10.3. The van der Waals surface area contributed by atoms with Crippen molar-refractivity contribution in [3.63, 3.8) is 0 Å². The lowest BCUT2D eigenvalue weighted by molar-refractivity contribution is 0.414.